The van der Waals surface area contributed by atoms with Crippen LogP contribution in [0.25, 0.3) is 0 Å². The van der Waals surface area contributed by atoms with Crippen molar-refractivity contribution in [3.05, 3.63) is 71.6 Å². The molecule has 4 aliphatic rings. The molecule has 0 aromatic heterocycles. The van der Waals surface area contributed by atoms with Gasteiger partial charge in [0, 0.05) is 30.9 Å². The first-order valence-electron chi connectivity index (χ1n) is 18.0. The first-order valence-corrected chi connectivity index (χ1v) is 19.6. The normalized spacial score (nSPS) is 23.4. The third-order valence-corrected chi connectivity index (χ3v) is 11.5. The number of sulfonamides is 1. The number of allylic oxidation sites excluding steroid dienone is 2. The van der Waals surface area contributed by atoms with E-state index >= 15 is 0 Å². The van der Waals surface area contributed by atoms with E-state index in [9.17, 15) is 41.6 Å². The summed E-state index contributed by atoms with van der Waals surface area (Å²) >= 11 is 0. The van der Waals surface area contributed by atoms with Gasteiger partial charge in [0.15, 0.2) is 5.78 Å². The fourth-order valence-electron chi connectivity index (χ4n) is 6.75. The molecule has 1 saturated heterocycles. The minimum absolute atomic E-state index is 0.0233. The number of ketones is 1. The summed E-state index contributed by atoms with van der Waals surface area (Å²) in [6.45, 7) is 15.5. The molecule has 298 valence electrons. The largest absolute Gasteiger partial charge is 0.444 e. The molecule has 3 N–H and O–H groups in total. The molecule has 15 nitrogen and oxygen atoms in total. The van der Waals surface area contributed by atoms with Crippen LogP contribution in [-0.4, -0.2) is 95.0 Å². The number of hydrogen-bond acceptors (Lipinski definition) is 10. The van der Waals surface area contributed by atoms with Crippen molar-refractivity contribution in [1.29, 1.82) is 0 Å². The molecule has 5 rings (SSSR count). The van der Waals surface area contributed by atoms with E-state index in [4.69, 9.17) is 9.47 Å². The van der Waals surface area contributed by atoms with Crippen LogP contribution in [0.4, 0.5) is 14.0 Å². The standard InChI is InChI=1S/C38H48FN5O10S/c1-8-24-17-38(24,34(48)42-55(51,52)27-12-13-27)41-32(46)30-16-26(53-36(50)43-18-23-10-9-11-29(39)28(23)20-43)19-44(30)33(47)31(40-35(49)54-37(5,6)7)22(4)15-25(45)14-21(2)3/h8-11,14,24,26-27,30-31H,1,4,12-13,15-20H2,2-3,5-7H3,(H,40,49)(H,41,46)(H,42,48)/t24-,26-,30+,31+,38-/m1/s1. The van der Waals surface area contributed by atoms with E-state index in [1.807, 2.05) is 0 Å². The molecule has 2 aliphatic heterocycles. The minimum Gasteiger partial charge on any atom is -0.444 e. The fourth-order valence-corrected chi connectivity index (χ4v) is 8.11. The number of nitrogens with one attached hydrogen (secondary N) is 3. The highest BCUT2D eigenvalue weighted by molar-refractivity contribution is 7.91. The van der Waals surface area contributed by atoms with Crippen LogP contribution in [0, 0.1) is 11.7 Å². The number of benzene rings is 1. The highest BCUT2D eigenvalue weighted by atomic mass is 32.2. The lowest BCUT2D eigenvalue weighted by atomic mass is 10.00. The molecule has 5 atom stereocenters. The van der Waals surface area contributed by atoms with E-state index in [1.165, 1.54) is 29.2 Å². The Hall–Kier alpha value is -5.06. The zero-order chi connectivity index (χ0) is 40.6. The Balaban J connectivity index is 1.42. The predicted octanol–water partition coefficient (Wildman–Crippen LogP) is 3.29. The van der Waals surface area contributed by atoms with Crippen LogP contribution in [0.3, 0.4) is 0 Å². The third-order valence-electron chi connectivity index (χ3n) is 9.72. The number of hydrogen-bond donors (Lipinski definition) is 3. The quantitative estimate of drug-likeness (QED) is 0.197. The summed E-state index contributed by atoms with van der Waals surface area (Å²) in [5, 5.41) is 4.40. The van der Waals surface area contributed by atoms with Crippen molar-refractivity contribution < 1.29 is 51.0 Å². The zero-order valence-corrected chi connectivity index (χ0v) is 32.4. The summed E-state index contributed by atoms with van der Waals surface area (Å²) in [6.07, 6.45) is 0.0333. The second kappa shape index (κ2) is 15.6. The Bertz CT molecular complexity index is 1950. The van der Waals surface area contributed by atoms with Gasteiger partial charge in [0.2, 0.25) is 21.8 Å². The van der Waals surface area contributed by atoms with E-state index in [1.54, 1.807) is 40.7 Å². The van der Waals surface area contributed by atoms with Crippen LogP contribution in [0.5, 0.6) is 0 Å². The Morgan fingerprint density at radius 2 is 1.80 bits per heavy atom. The monoisotopic (exact) mass is 785 g/mol. The van der Waals surface area contributed by atoms with Crippen molar-refractivity contribution in [2.45, 2.75) is 114 Å². The van der Waals surface area contributed by atoms with Gasteiger partial charge in [0.05, 0.1) is 18.3 Å². The maximum Gasteiger partial charge on any atom is 0.410 e. The highest BCUT2D eigenvalue weighted by Crippen LogP contribution is 2.45. The first-order chi connectivity index (χ1) is 25.6. The van der Waals surface area contributed by atoms with E-state index in [2.05, 4.69) is 28.5 Å². The molecule has 0 unspecified atom stereocenters. The topological polar surface area (TPSA) is 198 Å². The molecule has 1 aromatic rings. The lowest BCUT2D eigenvalue weighted by Gasteiger charge is -2.31. The minimum atomic E-state index is -3.98. The molecule has 0 radical (unpaired) electrons. The molecule has 2 aliphatic carbocycles. The van der Waals surface area contributed by atoms with Crippen LogP contribution in [0.15, 0.2) is 54.7 Å². The molecule has 55 heavy (non-hydrogen) atoms. The number of ether oxygens (including phenoxy) is 2. The van der Waals surface area contributed by atoms with Gasteiger partial charge in [0.1, 0.15) is 35.1 Å². The molecule has 0 spiro atoms. The first kappa shape index (κ1) is 41.1. The zero-order valence-electron chi connectivity index (χ0n) is 31.6. The molecule has 5 amide bonds. The van der Waals surface area contributed by atoms with Gasteiger partial charge in [-0.2, -0.15) is 0 Å². The average Bonchev–Trinajstić information content (AvgIpc) is 3.96. The van der Waals surface area contributed by atoms with Crippen molar-refractivity contribution in [3.8, 4) is 0 Å². The number of halogens is 1. The number of amides is 5. The summed E-state index contributed by atoms with van der Waals surface area (Å²) < 4.78 is 53.0. The van der Waals surface area contributed by atoms with Crippen molar-refractivity contribution >= 4 is 45.7 Å². The molecule has 3 fully saturated rings. The molecule has 1 aromatic carbocycles. The van der Waals surface area contributed by atoms with Gasteiger partial charge in [-0.25, -0.2) is 22.4 Å². The summed E-state index contributed by atoms with van der Waals surface area (Å²) in [5.74, 6) is -4.22. The lowest BCUT2D eigenvalue weighted by Crippen LogP contribution is -2.58. The number of likely N-dealkylation sites (tertiary alicyclic amines) is 1. The van der Waals surface area contributed by atoms with Crippen LogP contribution in [0.2, 0.25) is 0 Å². The van der Waals surface area contributed by atoms with Gasteiger partial charge >= 0.3 is 12.2 Å². The Morgan fingerprint density at radius 1 is 1.11 bits per heavy atom. The van der Waals surface area contributed by atoms with Gasteiger partial charge in [0.25, 0.3) is 5.91 Å². The Morgan fingerprint density at radius 3 is 2.38 bits per heavy atom. The van der Waals surface area contributed by atoms with Gasteiger partial charge in [-0.05, 0) is 77.2 Å². The fraction of sp³-hybridized carbons (Fsp3) is 0.526. The molecule has 2 heterocycles. The average molecular weight is 786 g/mol. The third kappa shape index (κ3) is 9.61. The maximum absolute atomic E-state index is 14.5. The molecule has 17 heteroatoms. The van der Waals surface area contributed by atoms with Crippen molar-refractivity contribution in [1.82, 2.24) is 25.2 Å². The summed E-state index contributed by atoms with van der Waals surface area (Å²) in [6, 6.07) is 1.49. The summed E-state index contributed by atoms with van der Waals surface area (Å²) in [7, 11) is -3.98. The van der Waals surface area contributed by atoms with Gasteiger partial charge < -0.3 is 25.0 Å². The number of alkyl carbamates (subject to hydrolysis) is 1. The van der Waals surface area contributed by atoms with Crippen molar-refractivity contribution in [2.24, 2.45) is 5.92 Å². The van der Waals surface area contributed by atoms with E-state index in [-0.39, 0.29) is 44.5 Å². The predicted molar refractivity (Wildman–Crippen MR) is 197 cm³/mol. The van der Waals surface area contributed by atoms with Crippen LogP contribution in [0.1, 0.15) is 77.8 Å². The molecular weight excluding hydrogens is 738 g/mol. The van der Waals surface area contributed by atoms with Crippen molar-refractivity contribution in [2.75, 3.05) is 6.54 Å². The smallest absolute Gasteiger partial charge is 0.410 e. The van der Waals surface area contributed by atoms with Crippen LogP contribution in [-0.2, 0) is 51.8 Å². The van der Waals surface area contributed by atoms with Gasteiger partial charge in [-0.1, -0.05) is 30.4 Å². The number of rotatable bonds is 13. The second-order valence-electron chi connectivity index (χ2n) is 15.8. The Labute approximate surface area is 319 Å². The van der Waals surface area contributed by atoms with Crippen LogP contribution < -0.4 is 15.4 Å². The lowest BCUT2D eigenvalue weighted by molar-refractivity contribution is -0.140. The van der Waals surface area contributed by atoms with Gasteiger partial charge in [-0.3, -0.25) is 28.8 Å². The number of carbonyl (C=O) groups is 6. The summed E-state index contributed by atoms with van der Waals surface area (Å²) in [4.78, 5) is 83.7. The Kier molecular flexibility index (Phi) is 11.7. The summed E-state index contributed by atoms with van der Waals surface area (Å²) in [5.41, 5.74) is -1.06. The van der Waals surface area contributed by atoms with E-state index < -0.39 is 92.0 Å². The molecular formula is C38H48FN5O10S. The number of fused-ring (bicyclic) bond motifs is 1. The highest BCUT2D eigenvalue weighted by Gasteiger charge is 2.62. The van der Waals surface area contributed by atoms with Crippen molar-refractivity contribution in [3.63, 3.8) is 0 Å². The molecule has 0 bridgehead atoms. The van der Waals surface area contributed by atoms with Crippen LogP contribution >= 0.6 is 0 Å². The second-order valence-corrected chi connectivity index (χ2v) is 17.7. The molecule has 2 saturated carbocycles. The SMILES string of the molecule is C=C[C@@H]1C[C@]1(NC(=O)[C@@H]1C[C@@H](OC(=O)N2Cc3cccc(F)c3C2)CN1C(=O)[C@@H](NC(=O)OC(C)(C)C)C(=C)CC(=O)C=C(C)C)C(=O)NS(=O)(=O)C1CC1. The van der Waals surface area contributed by atoms with E-state index in [0.717, 1.165) is 4.90 Å². The number of nitrogens with zero attached hydrogens (tertiary/aromatic N) is 2. The maximum atomic E-state index is 14.5. The van der Waals surface area contributed by atoms with Gasteiger partial charge in [-0.15, -0.1) is 6.58 Å². The number of carbonyl (C=O) groups excluding carboxylic acids is 6. The van der Waals surface area contributed by atoms with E-state index in [0.29, 0.717) is 29.5 Å².